The van der Waals surface area contributed by atoms with E-state index in [2.05, 4.69) is 27.9 Å². The number of halogens is 1. The van der Waals surface area contributed by atoms with Gasteiger partial charge in [-0.05, 0) is 27.2 Å². The number of rotatable bonds is 2. The lowest BCUT2D eigenvalue weighted by Gasteiger charge is -2.23. The topological polar surface area (TPSA) is 47.6 Å². The molecule has 0 bridgehead atoms. The molecule has 88 valence electrons. The van der Waals surface area contributed by atoms with E-state index in [9.17, 15) is 4.79 Å². The Hall–Kier alpha value is -0.0400. The molecule has 1 N–H and O–H groups in total. The van der Waals surface area contributed by atoms with Gasteiger partial charge < -0.3 is 14.8 Å². The van der Waals surface area contributed by atoms with Crippen LogP contribution in [0.25, 0.3) is 0 Å². The summed E-state index contributed by atoms with van der Waals surface area (Å²) in [7, 11) is 0. The number of carbonyl (C=O) groups is 1. The van der Waals surface area contributed by atoms with E-state index in [-0.39, 0.29) is 18.2 Å². The van der Waals surface area contributed by atoms with Crippen molar-refractivity contribution in [3.8, 4) is 0 Å². The molecule has 1 rings (SSSR count). The molecule has 0 unspecified atom stereocenters. The standard InChI is InChI=1S/C10H18INO3/c1-10(2,3)15-9(13)12-7-4-5-14-8(7)6-11/h7-8H,4-6H2,1-3H3,(H,12,13)/t7-,8-/m1/s1. The molecule has 0 saturated carbocycles. The van der Waals surface area contributed by atoms with Crippen molar-refractivity contribution in [2.75, 3.05) is 11.0 Å². The number of hydrogen-bond donors (Lipinski definition) is 1. The Kier molecular flexibility index (Phi) is 4.64. The zero-order chi connectivity index (χ0) is 11.5. The lowest BCUT2D eigenvalue weighted by Crippen LogP contribution is -2.43. The number of nitrogens with one attached hydrogen (secondary N) is 1. The fourth-order valence-corrected chi connectivity index (χ4v) is 2.29. The van der Waals surface area contributed by atoms with Gasteiger partial charge in [0.2, 0.25) is 0 Å². The van der Waals surface area contributed by atoms with E-state index in [4.69, 9.17) is 9.47 Å². The Morgan fingerprint density at radius 3 is 2.80 bits per heavy atom. The van der Waals surface area contributed by atoms with Crippen LogP contribution in [0.1, 0.15) is 27.2 Å². The van der Waals surface area contributed by atoms with Gasteiger partial charge in [0.25, 0.3) is 0 Å². The Morgan fingerprint density at radius 2 is 2.27 bits per heavy atom. The first-order chi connectivity index (χ1) is 6.92. The number of carbonyl (C=O) groups excluding carboxylic acids is 1. The molecule has 0 aromatic carbocycles. The van der Waals surface area contributed by atoms with Crippen molar-refractivity contribution in [2.24, 2.45) is 0 Å². The second-order valence-electron chi connectivity index (χ2n) is 4.60. The molecule has 15 heavy (non-hydrogen) atoms. The van der Waals surface area contributed by atoms with Gasteiger partial charge in [-0.15, -0.1) is 0 Å². The minimum atomic E-state index is -0.441. The lowest BCUT2D eigenvalue weighted by molar-refractivity contribution is 0.0467. The van der Waals surface area contributed by atoms with Crippen LogP contribution in [0.5, 0.6) is 0 Å². The third kappa shape index (κ3) is 4.55. The smallest absolute Gasteiger partial charge is 0.407 e. The Balaban J connectivity index is 2.37. The molecule has 1 fully saturated rings. The van der Waals surface area contributed by atoms with Crippen molar-refractivity contribution in [1.29, 1.82) is 0 Å². The van der Waals surface area contributed by atoms with Crippen molar-refractivity contribution >= 4 is 28.7 Å². The zero-order valence-corrected chi connectivity index (χ0v) is 11.5. The van der Waals surface area contributed by atoms with Crippen LogP contribution in [0.15, 0.2) is 0 Å². The summed E-state index contributed by atoms with van der Waals surface area (Å²) < 4.78 is 11.5. The summed E-state index contributed by atoms with van der Waals surface area (Å²) in [5.41, 5.74) is -0.441. The summed E-state index contributed by atoms with van der Waals surface area (Å²) in [6.07, 6.45) is 0.637. The molecule has 5 heteroatoms. The highest BCUT2D eigenvalue weighted by Crippen LogP contribution is 2.16. The van der Waals surface area contributed by atoms with Crippen LogP contribution in [0.2, 0.25) is 0 Å². The van der Waals surface area contributed by atoms with Crippen LogP contribution >= 0.6 is 22.6 Å². The highest BCUT2D eigenvalue weighted by Gasteiger charge is 2.30. The third-order valence-electron chi connectivity index (χ3n) is 2.06. The largest absolute Gasteiger partial charge is 0.444 e. The minimum absolute atomic E-state index is 0.0942. The molecule has 0 aromatic rings. The molecule has 0 spiro atoms. The summed E-state index contributed by atoms with van der Waals surface area (Å²) in [5, 5.41) is 2.85. The van der Waals surface area contributed by atoms with Crippen LogP contribution in [-0.2, 0) is 9.47 Å². The van der Waals surface area contributed by atoms with Gasteiger partial charge in [-0.1, -0.05) is 22.6 Å². The fraction of sp³-hybridized carbons (Fsp3) is 0.900. The monoisotopic (exact) mass is 327 g/mol. The predicted octanol–water partition coefficient (Wildman–Crippen LogP) is 2.10. The highest BCUT2D eigenvalue weighted by atomic mass is 127. The minimum Gasteiger partial charge on any atom is -0.444 e. The molecule has 1 amide bonds. The third-order valence-corrected chi connectivity index (χ3v) is 2.93. The van der Waals surface area contributed by atoms with Crippen LogP contribution < -0.4 is 5.32 Å². The maximum absolute atomic E-state index is 11.5. The van der Waals surface area contributed by atoms with Crippen molar-refractivity contribution in [3.05, 3.63) is 0 Å². The van der Waals surface area contributed by atoms with Gasteiger partial charge in [0.15, 0.2) is 0 Å². The van der Waals surface area contributed by atoms with Crippen LogP contribution in [0.3, 0.4) is 0 Å². The van der Waals surface area contributed by atoms with Gasteiger partial charge in [-0.2, -0.15) is 0 Å². The van der Waals surface area contributed by atoms with Gasteiger partial charge >= 0.3 is 6.09 Å². The molecule has 0 aromatic heterocycles. The van der Waals surface area contributed by atoms with E-state index >= 15 is 0 Å². The Morgan fingerprint density at radius 1 is 1.60 bits per heavy atom. The molecule has 1 heterocycles. The van der Waals surface area contributed by atoms with E-state index < -0.39 is 5.60 Å². The van der Waals surface area contributed by atoms with E-state index in [0.29, 0.717) is 6.61 Å². The summed E-state index contributed by atoms with van der Waals surface area (Å²) >= 11 is 2.26. The summed E-state index contributed by atoms with van der Waals surface area (Å²) in [6, 6.07) is 0.0942. The summed E-state index contributed by atoms with van der Waals surface area (Å²) in [4.78, 5) is 11.5. The maximum Gasteiger partial charge on any atom is 0.407 e. The van der Waals surface area contributed by atoms with Crippen LogP contribution in [-0.4, -0.2) is 34.9 Å². The lowest BCUT2D eigenvalue weighted by atomic mass is 10.1. The molecular weight excluding hydrogens is 309 g/mol. The van der Waals surface area contributed by atoms with Crippen molar-refractivity contribution in [2.45, 2.75) is 44.9 Å². The number of alkyl carbamates (subject to hydrolysis) is 1. The first-order valence-electron chi connectivity index (χ1n) is 5.09. The molecule has 2 atom stereocenters. The molecule has 0 radical (unpaired) electrons. The number of alkyl halides is 1. The van der Waals surface area contributed by atoms with Gasteiger partial charge in [0.05, 0.1) is 12.1 Å². The average Bonchev–Trinajstić information content (AvgIpc) is 2.48. The normalized spacial score (nSPS) is 26.4. The number of amides is 1. The first kappa shape index (κ1) is 13.0. The highest BCUT2D eigenvalue weighted by molar-refractivity contribution is 14.1. The second-order valence-corrected chi connectivity index (χ2v) is 5.49. The molecule has 1 saturated heterocycles. The Labute approximate surface area is 104 Å². The maximum atomic E-state index is 11.5. The quantitative estimate of drug-likeness (QED) is 0.624. The Bertz CT molecular complexity index is 227. The number of ether oxygens (including phenoxy) is 2. The van der Waals surface area contributed by atoms with E-state index in [1.807, 2.05) is 20.8 Å². The molecule has 4 nitrogen and oxygen atoms in total. The molecular formula is C10H18INO3. The van der Waals surface area contributed by atoms with E-state index in [1.54, 1.807) is 0 Å². The van der Waals surface area contributed by atoms with Crippen LogP contribution in [0.4, 0.5) is 4.79 Å². The summed E-state index contributed by atoms with van der Waals surface area (Å²) in [5.74, 6) is 0. The SMILES string of the molecule is CC(C)(C)OC(=O)N[C@@H]1CCO[C@@H]1CI. The van der Waals surface area contributed by atoms with Crippen molar-refractivity contribution < 1.29 is 14.3 Å². The predicted molar refractivity (Wildman–Crippen MR) is 66.4 cm³/mol. The van der Waals surface area contributed by atoms with E-state index in [0.717, 1.165) is 10.8 Å². The van der Waals surface area contributed by atoms with Crippen molar-refractivity contribution in [3.63, 3.8) is 0 Å². The average molecular weight is 327 g/mol. The zero-order valence-electron chi connectivity index (χ0n) is 9.38. The van der Waals surface area contributed by atoms with Gasteiger partial charge in [0, 0.05) is 11.0 Å². The van der Waals surface area contributed by atoms with Gasteiger partial charge in [-0.25, -0.2) is 4.79 Å². The summed E-state index contributed by atoms with van der Waals surface area (Å²) in [6.45, 7) is 6.28. The number of hydrogen-bond acceptors (Lipinski definition) is 3. The molecule has 0 aliphatic carbocycles. The molecule has 1 aliphatic heterocycles. The first-order valence-corrected chi connectivity index (χ1v) is 6.62. The van der Waals surface area contributed by atoms with Crippen LogP contribution in [0, 0.1) is 0 Å². The second kappa shape index (κ2) is 5.34. The van der Waals surface area contributed by atoms with E-state index in [1.165, 1.54) is 0 Å². The fourth-order valence-electron chi connectivity index (χ4n) is 1.42. The van der Waals surface area contributed by atoms with Gasteiger partial charge in [0.1, 0.15) is 5.60 Å². The van der Waals surface area contributed by atoms with Crippen molar-refractivity contribution in [1.82, 2.24) is 5.32 Å². The van der Waals surface area contributed by atoms with Gasteiger partial charge in [-0.3, -0.25) is 0 Å². The molecule has 1 aliphatic rings.